The molecule has 0 aromatic heterocycles. The molecule has 0 aromatic carbocycles. The lowest BCUT2D eigenvalue weighted by Gasteiger charge is -2.20. The minimum atomic E-state index is -0.842. The van der Waals surface area contributed by atoms with E-state index in [-0.39, 0.29) is 18.5 Å². The molecule has 0 fully saturated rings. The molecule has 552 valence electrons. The second-order valence-corrected chi connectivity index (χ2v) is 29.9. The molecule has 0 aromatic rings. The first-order valence-electron chi connectivity index (χ1n) is 43.1. The van der Waals surface area contributed by atoms with Crippen LogP contribution in [0.2, 0.25) is 0 Å². The molecule has 0 aliphatic carbocycles. The monoisotopic (exact) mass is 1310 g/mol. The third kappa shape index (κ3) is 79.2. The summed E-state index contributed by atoms with van der Waals surface area (Å²) in [4.78, 5) is 24.7. The molecule has 1 amide bonds. The summed E-state index contributed by atoms with van der Waals surface area (Å²) in [7, 11) is 0. The van der Waals surface area contributed by atoms with Gasteiger partial charge in [-0.3, -0.25) is 9.59 Å². The quantitative estimate of drug-likeness (QED) is 0.0320. The van der Waals surface area contributed by atoms with Gasteiger partial charge in [-0.05, 0) is 57.8 Å². The Morgan fingerprint density at radius 3 is 0.763 bits per heavy atom. The third-order valence-electron chi connectivity index (χ3n) is 20.5. The highest BCUT2D eigenvalue weighted by Gasteiger charge is 2.18. The van der Waals surface area contributed by atoms with Crippen molar-refractivity contribution in [2.24, 2.45) is 0 Å². The van der Waals surface area contributed by atoms with Gasteiger partial charge in [0.1, 0.15) is 0 Å². The average molecular weight is 1310 g/mol. The molecule has 0 rings (SSSR count). The maximum Gasteiger partial charge on any atom is 0.305 e. The van der Waals surface area contributed by atoms with Crippen LogP contribution in [0.4, 0.5) is 0 Å². The minimum Gasteiger partial charge on any atom is -0.466 e. The highest BCUT2D eigenvalue weighted by molar-refractivity contribution is 5.76. The van der Waals surface area contributed by atoms with Gasteiger partial charge in [-0.25, -0.2) is 0 Å². The van der Waals surface area contributed by atoms with E-state index in [2.05, 4.69) is 31.3 Å². The minimum absolute atomic E-state index is 0.0269. The summed E-state index contributed by atoms with van der Waals surface area (Å²) in [5.74, 6) is -0.0315. The largest absolute Gasteiger partial charge is 0.466 e. The smallest absolute Gasteiger partial charge is 0.305 e. The van der Waals surface area contributed by atoms with Crippen molar-refractivity contribution in [3.05, 3.63) is 24.3 Å². The van der Waals surface area contributed by atoms with E-state index in [1.165, 1.54) is 430 Å². The van der Waals surface area contributed by atoms with E-state index in [4.69, 9.17) is 4.74 Å². The van der Waals surface area contributed by atoms with Gasteiger partial charge in [0.25, 0.3) is 0 Å². The summed E-state index contributed by atoms with van der Waals surface area (Å²) in [6.45, 7) is 4.97. The van der Waals surface area contributed by atoms with Crippen LogP contribution in [0.3, 0.4) is 0 Å². The van der Waals surface area contributed by atoms with E-state index >= 15 is 0 Å². The maximum atomic E-state index is 12.6. The van der Waals surface area contributed by atoms with Gasteiger partial charge in [0.05, 0.1) is 25.4 Å². The highest BCUT2D eigenvalue weighted by atomic mass is 16.5. The summed E-state index contributed by atoms with van der Waals surface area (Å²) >= 11 is 0. The Morgan fingerprint density at radius 2 is 0.505 bits per heavy atom. The van der Waals surface area contributed by atoms with Gasteiger partial charge >= 0.3 is 5.97 Å². The van der Waals surface area contributed by atoms with Crippen molar-refractivity contribution in [2.75, 3.05) is 13.2 Å². The predicted octanol–water partition coefficient (Wildman–Crippen LogP) is 28.8. The Labute approximate surface area is 583 Å². The van der Waals surface area contributed by atoms with Crippen LogP contribution in [0.25, 0.3) is 0 Å². The lowest BCUT2D eigenvalue weighted by Crippen LogP contribution is -2.45. The number of nitrogens with one attached hydrogen (secondary N) is 1. The molecule has 3 N–H and O–H groups in total. The van der Waals surface area contributed by atoms with Crippen molar-refractivity contribution >= 4 is 11.9 Å². The number of aliphatic hydroxyl groups excluding tert-OH is 2. The fourth-order valence-corrected chi connectivity index (χ4v) is 13.9. The zero-order chi connectivity index (χ0) is 67.0. The summed E-state index contributed by atoms with van der Waals surface area (Å²) in [6, 6.07) is -0.625. The molecule has 0 radical (unpaired) electrons. The number of hydrogen-bond acceptors (Lipinski definition) is 5. The Balaban J connectivity index is 3.33. The Morgan fingerprint density at radius 1 is 0.290 bits per heavy atom. The van der Waals surface area contributed by atoms with Crippen LogP contribution in [-0.2, 0) is 14.3 Å². The molecule has 2 unspecified atom stereocenters. The average Bonchev–Trinajstić information content (AvgIpc) is 3.64. The highest BCUT2D eigenvalue weighted by Crippen LogP contribution is 2.21. The number of aliphatic hydroxyl groups is 2. The first-order valence-corrected chi connectivity index (χ1v) is 43.1. The van der Waals surface area contributed by atoms with Crippen molar-refractivity contribution < 1.29 is 24.5 Å². The lowest BCUT2D eigenvalue weighted by molar-refractivity contribution is -0.143. The molecule has 0 aliphatic rings. The lowest BCUT2D eigenvalue weighted by atomic mass is 10.0. The van der Waals surface area contributed by atoms with Gasteiger partial charge in [0.2, 0.25) is 5.91 Å². The van der Waals surface area contributed by atoms with Crippen molar-refractivity contribution in [2.45, 2.75) is 508 Å². The maximum absolute atomic E-state index is 12.6. The van der Waals surface area contributed by atoms with Crippen LogP contribution in [0.5, 0.6) is 0 Å². The number of rotatable bonds is 82. The van der Waals surface area contributed by atoms with Crippen LogP contribution < -0.4 is 5.32 Å². The zero-order valence-electron chi connectivity index (χ0n) is 63.5. The Hall–Kier alpha value is -1.66. The van der Waals surface area contributed by atoms with Crippen LogP contribution in [0.15, 0.2) is 24.3 Å². The summed E-state index contributed by atoms with van der Waals surface area (Å²) in [5, 5.41) is 23.3. The van der Waals surface area contributed by atoms with E-state index in [1.807, 2.05) is 6.08 Å². The first kappa shape index (κ1) is 91.3. The van der Waals surface area contributed by atoms with E-state index in [0.29, 0.717) is 19.4 Å². The molecule has 6 heteroatoms. The van der Waals surface area contributed by atoms with Crippen molar-refractivity contribution in [1.82, 2.24) is 5.32 Å². The molecule has 0 spiro atoms. The van der Waals surface area contributed by atoms with Gasteiger partial charge in [-0.15, -0.1) is 0 Å². The van der Waals surface area contributed by atoms with Crippen LogP contribution >= 0.6 is 0 Å². The number of carbonyl (C=O) groups excluding carboxylic acids is 2. The predicted molar refractivity (Wildman–Crippen MR) is 412 cm³/mol. The number of unbranched alkanes of at least 4 members (excludes halogenated alkanes) is 69. The molecule has 0 heterocycles. The Bertz CT molecular complexity index is 1460. The summed E-state index contributed by atoms with van der Waals surface area (Å²) in [6.07, 6.45) is 108. The molecular weight excluding hydrogens is 1140 g/mol. The van der Waals surface area contributed by atoms with E-state index in [9.17, 15) is 19.8 Å². The standard InChI is InChI=1S/C87H169NO5/c1-3-5-7-9-11-13-15-17-19-21-22-42-45-48-51-55-59-63-67-71-75-79-85(90)84(83-89)88-86(91)80-76-72-68-64-60-56-52-49-46-43-40-38-36-34-32-30-28-26-24-23-25-27-29-31-33-35-37-39-41-44-47-50-54-58-62-66-70-74-78-82-93-87(92)81-77-73-69-65-61-57-53-20-18-16-14-12-10-8-6-4-2/h23-24,75,79,84-85,89-90H,3-22,25-74,76-78,80-83H2,1-2H3,(H,88,91)/b24-23-,79-75+. The number of allylic oxidation sites excluding steroid dienone is 3. The molecular formula is C87H169NO5. The molecule has 93 heavy (non-hydrogen) atoms. The number of amides is 1. The topological polar surface area (TPSA) is 95.9 Å². The van der Waals surface area contributed by atoms with Gasteiger partial charge in [-0.1, -0.05) is 449 Å². The third-order valence-corrected chi connectivity index (χ3v) is 20.5. The van der Waals surface area contributed by atoms with E-state index in [1.54, 1.807) is 6.08 Å². The fourth-order valence-electron chi connectivity index (χ4n) is 13.9. The molecule has 0 saturated carbocycles. The first-order chi connectivity index (χ1) is 46.0. The SMILES string of the molecule is CCCCCCCCCCCCCCCCCCCCC/C=C/C(O)C(CO)NC(=O)CCCCCCCCCCCCCCCCCCC/C=C\CCCCCCCCCCCCCCCCCCCCOC(=O)CCCCCCCCCCCCCCCCCC. The van der Waals surface area contributed by atoms with Gasteiger partial charge < -0.3 is 20.3 Å². The van der Waals surface area contributed by atoms with E-state index in [0.717, 1.165) is 38.5 Å². The molecule has 6 nitrogen and oxygen atoms in total. The summed E-state index contributed by atoms with van der Waals surface area (Å²) < 4.78 is 5.52. The van der Waals surface area contributed by atoms with Gasteiger partial charge in [0, 0.05) is 12.8 Å². The Kier molecular flexibility index (Phi) is 81.3. The zero-order valence-corrected chi connectivity index (χ0v) is 63.5. The van der Waals surface area contributed by atoms with Crippen molar-refractivity contribution in [3.8, 4) is 0 Å². The van der Waals surface area contributed by atoms with E-state index < -0.39 is 12.1 Å². The second-order valence-electron chi connectivity index (χ2n) is 29.9. The summed E-state index contributed by atoms with van der Waals surface area (Å²) in [5.41, 5.74) is 0. The van der Waals surface area contributed by atoms with Gasteiger partial charge in [-0.2, -0.15) is 0 Å². The van der Waals surface area contributed by atoms with Crippen molar-refractivity contribution in [1.29, 1.82) is 0 Å². The normalized spacial score (nSPS) is 12.5. The van der Waals surface area contributed by atoms with Crippen LogP contribution in [-0.4, -0.2) is 47.4 Å². The number of ether oxygens (including phenoxy) is 1. The number of hydrogen-bond donors (Lipinski definition) is 3. The molecule has 2 atom stereocenters. The molecule has 0 saturated heterocycles. The van der Waals surface area contributed by atoms with Crippen LogP contribution in [0, 0.1) is 0 Å². The second kappa shape index (κ2) is 82.8. The number of esters is 1. The number of carbonyl (C=O) groups is 2. The van der Waals surface area contributed by atoms with Crippen LogP contribution in [0.1, 0.15) is 495 Å². The molecule has 0 bridgehead atoms. The van der Waals surface area contributed by atoms with Crippen molar-refractivity contribution in [3.63, 3.8) is 0 Å². The molecule has 0 aliphatic heterocycles. The van der Waals surface area contributed by atoms with Gasteiger partial charge in [0.15, 0.2) is 0 Å². The fraction of sp³-hybridized carbons (Fsp3) is 0.931.